The van der Waals surface area contributed by atoms with Gasteiger partial charge < -0.3 is 15.9 Å². The van der Waals surface area contributed by atoms with Gasteiger partial charge in [0.15, 0.2) is 0 Å². The van der Waals surface area contributed by atoms with Crippen LogP contribution in [0.1, 0.15) is 45.4 Å². The van der Waals surface area contributed by atoms with Crippen LogP contribution >= 0.6 is 0 Å². The molecule has 0 spiro atoms. The zero-order valence-corrected chi connectivity index (χ0v) is 10.0. The summed E-state index contributed by atoms with van der Waals surface area (Å²) in [5.41, 5.74) is 6.95. The Morgan fingerprint density at radius 1 is 1.00 bits per heavy atom. The number of amides is 1. The molecule has 94 valence electrons. The van der Waals surface area contributed by atoms with Crippen LogP contribution < -0.4 is 5.73 Å². The maximum atomic E-state index is 11.1. The SMILES string of the molecule is CC(C(N)=O)=C(CCCCO)CCCCO. The predicted molar refractivity (Wildman–Crippen MR) is 63.8 cm³/mol. The summed E-state index contributed by atoms with van der Waals surface area (Å²) >= 11 is 0. The lowest BCUT2D eigenvalue weighted by atomic mass is 9.97. The Labute approximate surface area is 97.2 Å². The molecule has 0 aliphatic rings. The van der Waals surface area contributed by atoms with Gasteiger partial charge in [-0.1, -0.05) is 5.57 Å². The Balaban J connectivity index is 4.26. The molecule has 0 aromatic heterocycles. The van der Waals surface area contributed by atoms with Gasteiger partial charge in [0.1, 0.15) is 0 Å². The molecule has 0 unspecified atom stereocenters. The Kier molecular flexibility index (Phi) is 8.85. The fourth-order valence-corrected chi connectivity index (χ4v) is 1.57. The third-order valence-corrected chi connectivity index (χ3v) is 2.67. The van der Waals surface area contributed by atoms with Gasteiger partial charge in [-0.3, -0.25) is 4.79 Å². The highest BCUT2D eigenvalue weighted by atomic mass is 16.3. The number of primary amides is 1. The standard InChI is InChI=1S/C12H23NO3/c1-10(12(13)16)11(6-2-4-8-14)7-3-5-9-15/h14-15H,2-9H2,1H3,(H2,13,16). The summed E-state index contributed by atoms with van der Waals surface area (Å²) in [5.74, 6) is -0.372. The number of hydrogen-bond acceptors (Lipinski definition) is 3. The molecule has 0 saturated carbocycles. The van der Waals surface area contributed by atoms with E-state index in [0.717, 1.165) is 44.1 Å². The topological polar surface area (TPSA) is 83.6 Å². The number of unbranched alkanes of at least 4 members (excludes halogenated alkanes) is 2. The van der Waals surface area contributed by atoms with Crippen molar-refractivity contribution < 1.29 is 15.0 Å². The van der Waals surface area contributed by atoms with Crippen molar-refractivity contribution in [3.8, 4) is 0 Å². The van der Waals surface area contributed by atoms with Gasteiger partial charge in [-0.05, 0) is 45.4 Å². The molecule has 1 amide bonds. The van der Waals surface area contributed by atoms with Crippen molar-refractivity contribution in [1.82, 2.24) is 0 Å². The van der Waals surface area contributed by atoms with Crippen molar-refractivity contribution in [2.75, 3.05) is 13.2 Å². The Hall–Kier alpha value is -0.870. The monoisotopic (exact) mass is 229 g/mol. The fourth-order valence-electron chi connectivity index (χ4n) is 1.57. The number of aliphatic hydroxyl groups excluding tert-OH is 2. The van der Waals surface area contributed by atoms with E-state index in [0.29, 0.717) is 5.57 Å². The molecule has 0 radical (unpaired) electrons. The van der Waals surface area contributed by atoms with Gasteiger partial charge in [0, 0.05) is 18.8 Å². The summed E-state index contributed by atoms with van der Waals surface area (Å²) in [6.45, 7) is 2.11. The van der Waals surface area contributed by atoms with Gasteiger partial charge in [-0.2, -0.15) is 0 Å². The first-order valence-electron chi connectivity index (χ1n) is 5.83. The van der Waals surface area contributed by atoms with Crippen LogP contribution in [0.5, 0.6) is 0 Å². The average molecular weight is 229 g/mol. The number of hydrogen-bond donors (Lipinski definition) is 3. The number of rotatable bonds is 9. The number of carbonyl (C=O) groups is 1. The summed E-state index contributed by atoms with van der Waals surface area (Å²) in [5, 5.41) is 17.4. The van der Waals surface area contributed by atoms with Crippen molar-refractivity contribution in [1.29, 1.82) is 0 Å². The second-order valence-corrected chi connectivity index (χ2v) is 3.95. The quantitative estimate of drug-likeness (QED) is 0.409. The van der Waals surface area contributed by atoms with Crippen LogP contribution in [0.15, 0.2) is 11.1 Å². The van der Waals surface area contributed by atoms with Crippen molar-refractivity contribution in [3.05, 3.63) is 11.1 Å². The molecule has 4 heteroatoms. The first-order chi connectivity index (χ1) is 7.63. The fraction of sp³-hybridized carbons (Fsp3) is 0.750. The predicted octanol–water partition coefficient (Wildman–Crippen LogP) is 1.11. The third-order valence-electron chi connectivity index (χ3n) is 2.67. The van der Waals surface area contributed by atoms with Crippen LogP contribution in [-0.4, -0.2) is 29.3 Å². The van der Waals surface area contributed by atoms with E-state index in [-0.39, 0.29) is 19.1 Å². The van der Waals surface area contributed by atoms with Crippen molar-refractivity contribution in [2.45, 2.75) is 45.4 Å². The van der Waals surface area contributed by atoms with Gasteiger partial charge in [0.2, 0.25) is 5.91 Å². The average Bonchev–Trinajstić information content (AvgIpc) is 2.26. The highest BCUT2D eigenvalue weighted by molar-refractivity contribution is 5.92. The van der Waals surface area contributed by atoms with E-state index in [4.69, 9.17) is 15.9 Å². The lowest BCUT2D eigenvalue weighted by Gasteiger charge is -2.10. The molecule has 0 aliphatic heterocycles. The van der Waals surface area contributed by atoms with E-state index < -0.39 is 0 Å². The van der Waals surface area contributed by atoms with Crippen molar-refractivity contribution >= 4 is 5.91 Å². The first-order valence-corrected chi connectivity index (χ1v) is 5.83. The highest BCUT2D eigenvalue weighted by Gasteiger charge is 2.07. The second-order valence-electron chi connectivity index (χ2n) is 3.95. The molecule has 0 fully saturated rings. The van der Waals surface area contributed by atoms with E-state index in [1.807, 2.05) is 0 Å². The van der Waals surface area contributed by atoms with E-state index in [1.54, 1.807) is 6.92 Å². The molecule has 0 aromatic rings. The zero-order chi connectivity index (χ0) is 12.4. The Bertz CT molecular complexity index is 224. The normalized spacial score (nSPS) is 10.2. The number of nitrogens with two attached hydrogens (primary N) is 1. The molecule has 0 atom stereocenters. The van der Waals surface area contributed by atoms with E-state index in [2.05, 4.69) is 0 Å². The number of carbonyl (C=O) groups excluding carboxylic acids is 1. The van der Waals surface area contributed by atoms with Crippen LogP contribution in [0.2, 0.25) is 0 Å². The maximum absolute atomic E-state index is 11.1. The van der Waals surface area contributed by atoms with Gasteiger partial charge in [-0.25, -0.2) is 0 Å². The van der Waals surface area contributed by atoms with Gasteiger partial charge in [0.25, 0.3) is 0 Å². The summed E-state index contributed by atoms with van der Waals surface area (Å²) in [6, 6.07) is 0. The number of allylic oxidation sites excluding steroid dienone is 1. The summed E-state index contributed by atoms with van der Waals surface area (Å²) in [7, 11) is 0. The lowest BCUT2D eigenvalue weighted by Crippen LogP contribution is -2.14. The summed E-state index contributed by atoms with van der Waals surface area (Å²) in [6.07, 6.45) is 4.85. The molecule has 4 N–H and O–H groups in total. The molecular formula is C12H23NO3. The molecule has 4 nitrogen and oxygen atoms in total. The van der Waals surface area contributed by atoms with Crippen LogP contribution in [0.25, 0.3) is 0 Å². The number of aliphatic hydroxyl groups is 2. The zero-order valence-electron chi connectivity index (χ0n) is 10.0. The van der Waals surface area contributed by atoms with Crippen LogP contribution in [0, 0.1) is 0 Å². The Morgan fingerprint density at radius 3 is 1.75 bits per heavy atom. The van der Waals surface area contributed by atoms with Gasteiger partial charge >= 0.3 is 0 Å². The van der Waals surface area contributed by atoms with Crippen molar-refractivity contribution in [2.24, 2.45) is 5.73 Å². The van der Waals surface area contributed by atoms with E-state index in [1.165, 1.54) is 0 Å². The molecule has 0 bridgehead atoms. The van der Waals surface area contributed by atoms with Crippen LogP contribution in [0.4, 0.5) is 0 Å². The minimum atomic E-state index is -0.372. The molecule has 0 heterocycles. The summed E-state index contributed by atoms with van der Waals surface area (Å²) in [4.78, 5) is 11.1. The minimum Gasteiger partial charge on any atom is -0.396 e. The van der Waals surface area contributed by atoms with E-state index in [9.17, 15) is 4.79 Å². The largest absolute Gasteiger partial charge is 0.396 e. The highest BCUT2D eigenvalue weighted by Crippen LogP contribution is 2.19. The first kappa shape index (κ1) is 15.1. The van der Waals surface area contributed by atoms with Crippen molar-refractivity contribution in [3.63, 3.8) is 0 Å². The van der Waals surface area contributed by atoms with Gasteiger partial charge in [-0.15, -0.1) is 0 Å². The van der Waals surface area contributed by atoms with Crippen LogP contribution in [0.3, 0.4) is 0 Å². The minimum absolute atomic E-state index is 0.180. The molecule has 0 rings (SSSR count). The maximum Gasteiger partial charge on any atom is 0.244 e. The third kappa shape index (κ3) is 6.58. The second kappa shape index (κ2) is 9.36. The Morgan fingerprint density at radius 2 is 1.44 bits per heavy atom. The summed E-state index contributed by atoms with van der Waals surface area (Å²) < 4.78 is 0. The smallest absolute Gasteiger partial charge is 0.244 e. The molecule has 0 aliphatic carbocycles. The van der Waals surface area contributed by atoms with Gasteiger partial charge in [0.05, 0.1) is 0 Å². The molecular weight excluding hydrogens is 206 g/mol. The van der Waals surface area contributed by atoms with E-state index >= 15 is 0 Å². The molecule has 0 aromatic carbocycles. The molecule has 0 saturated heterocycles. The van der Waals surface area contributed by atoms with Crippen LogP contribution in [-0.2, 0) is 4.79 Å². The lowest BCUT2D eigenvalue weighted by molar-refractivity contribution is -0.114. The molecule has 16 heavy (non-hydrogen) atoms.